The third-order valence-electron chi connectivity index (χ3n) is 2.16. The number of pyridine rings is 1. The average Bonchev–Trinajstić information content (AvgIpc) is 2.57. The standard InChI is InChI=1S/C10H12N2/c1-8-4-2-7-12-10(8)9-5-3-6-11-9/h2,4,7H,3,5-6H2,1H3. The first-order valence-corrected chi connectivity index (χ1v) is 4.33. The van der Waals surface area contributed by atoms with E-state index in [-0.39, 0.29) is 0 Å². The molecule has 1 aliphatic rings. The summed E-state index contributed by atoms with van der Waals surface area (Å²) < 4.78 is 0. The van der Waals surface area contributed by atoms with Gasteiger partial charge in [-0.05, 0) is 31.4 Å². The fourth-order valence-corrected chi connectivity index (χ4v) is 1.52. The molecule has 0 fully saturated rings. The summed E-state index contributed by atoms with van der Waals surface area (Å²) >= 11 is 0. The lowest BCUT2D eigenvalue weighted by Crippen LogP contribution is -2.01. The van der Waals surface area contributed by atoms with Gasteiger partial charge < -0.3 is 0 Å². The zero-order valence-corrected chi connectivity index (χ0v) is 7.25. The fraction of sp³-hybridized carbons (Fsp3) is 0.400. The molecule has 1 aromatic rings. The highest BCUT2D eigenvalue weighted by Crippen LogP contribution is 2.13. The zero-order valence-electron chi connectivity index (χ0n) is 7.25. The first-order valence-electron chi connectivity index (χ1n) is 4.33. The molecule has 2 nitrogen and oxygen atoms in total. The Morgan fingerprint density at radius 1 is 1.42 bits per heavy atom. The van der Waals surface area contributed by atoms with Crippen molar-refractivity contribution < 1.29 is 0 Å². The van der Waals surface area contributed by atoms with Crippen molar-refractivity contribution >= 4 is 5.71 Å². The molecule has 0 saturated carbocycles. The van der Waals surface area contributed by atoms with E-state index in [1.165, 1.54) is 17.7 Å². The molecule has 2 rings (SSSR count). The number of aliphatic imine (C=N–C) groups is 1. The van der Waals surface area contributed by atoms with Crippen LogP contribution in [0.1, 0.15) is 24.1 Å². The van der Waals surface area contributed by atoms with Crippen molar-refractivity contribution in [2.45, 2.75) is 19.8 Å². The van der Waals surface area contributed by atoms with Crippen molar-refractivity contribution in [3.63, 3.8) is 0 Å². The second-order valence-corrected chi connectivity index (χ2v) is 3.10. The third kappa shape index (κ3) is 1.24. The molecule has 0 spiro atoms. The first kappa shape index (κ1) is 7.47. The Hall–Kier alpha value is -1.18. The molecule has 2 heterocycles. The van der Waals surface area contributed by atoms with Gasteiger partial charge in [-0.15, -0.1) is 0 Å². The molecule has 0 bridgehead atoms. The van der Waals surface area contributed by atoms with E-state index in [4.69, 9.17) is 0 Å². The van der Waals surface area contributed by atoms with Crippen LogP contribution >= 0.6 is 0 Å². The molecule has 0 aliphatic carbocycles. The van der Waals surface area contributed by atoms with Gasteiger partial charge in [0.25, 0.3) is 0 Å². The normalized spacial score (nSPS) is 16.2. The van der Waals surface area contributed by atoms with E-state index in [1.807, 2.05) is 12.3 Å². The Kier molecular flexibility index (Phi) is 1.90. The Morgan fingerprint density at radius 3 is 3.00 bits per heavy atom. The molecular weight excluding hydrogens is 148 g/mol. The largest absolute Gasteiger partial charge is 0.287 e. The second-order valence-electron chi connectivity index (χ2n) is 3.10. The highest BCUT2D eigenvalue weighted by Gasteiger charge is 2.11. The van der Waals surface area contributed by atoms with Crippen LogP contribution in [0.15, 0.2) is 23.3 Å². The molecule has 12 heavy (non-hydrogen) atoms. The monoisotopic (exact) mass is 160 g/mol. The summed E-state index contributed by atoms with van der Waals surface area (Å²) in [7, 11) is 0. The van der Waals surface area contributed by atoms with Crippen LogP contribution < -0.4 is 0 Å². The van der Waals surface area contributed by atoms with E-state index in [0.29, 0.717) is 0 Å². The summed E-state index contributed by atoms with van der Waals surface area (Å²) in [6.07, 6.45) is 4.12. The molecular formula is C10H12N2. The van der Waals surface area contributed by atoms with Crippen molar-refractivity contribution in [1.82, 2.24) is 4.98 Å². The average molecular weight is 160 g/mol. The van der Waals surface area contributed by atoms with Gasteiger partial charge in [0.15, 0.2) is 0 Å². The third-order valence-corrected chi connectivity index (χ3v) is 2.16. The van der Waals surface area contributed by atoms with Gasteiger partial charge in [-0.1, -0.05) is 6.07 Å². The zero-order chi connectivity index (χ0) is 8.39. The molecule has 0 atom stereocenters. The predicted octanol–water partition coefficient (Wildman–Crippen LogP) is 1.97. The van der Waals surface area contributed by atoms with E-state index in [1.54, 1.807) is 0 Å². The van der Waals surface area contributed by atoms with E-state index in [2.05, 4.69) is 23.0 Å². The summed E-state index contributed by atoms with van der Waals surface area (Å²) in [5.74, 6) is 0. The summed E-state index contributed by atoms with van der Waals surface area (Å²) in [5.41, 5.74) is 3.52. The Morgan fingerprint density at radius 2 is 2.33 bits per heavy atom. The lowest BCUT2D eigenvalue weighted by Gasteiger charge is -2.01. The quantitative estimate of drug-likeness (QED) is 0.616. The molecule has 0 aromatic carbocycles. The molecule has 62 valence electrons. The predicted molar refractivity (Wildman–Crippen MR) is 49.6 cm³/mol. The molecule has 1 aromatic heterocycles. The van der Waals surface area contributed by atoms with Gasteiger partial charge in [-0.25, -0.2) is 0 Å². The summed E-state index contributed by atoms with van der Waals surface area (Å²) in [4.78, 5) is 8.75. The number of hydrogen-bond donors (Lipinski definition) is 0. The minimum atomic E-state index is 0.978. The lowest BCUT2D eigenvalue weighted by atomic mass is 10.1. The highest BCUT2D eigenvalue weighted by atomic mass is 14.8. The molecule has 0 unspecified atom stereocenters. The number of hydrogen-bond acceptors (Lipinski definition) is 2. The van der Waals surface area contributed by atoms with E-state index >= 15 is 0 Å². The summed E-state index contributed by atoms with van der Waals surface area (Å²) in [6.45, 7) is 3.06. The molecule has 0 saturated heterocycles. The van der Waals surface area contributed by atoms with Crippen molar-refractivity contribution in [2.75, 3.05) is 6.54 Å². The lowest BCUT2D eigenvalue weighted by molar-refractivity contribution is 0.950. The van der Waals surface area contributed by atoms with E-state index < -0.39 is 0 Å². The van der Waals surface area contributed by atoms with Crippen LogP contribution in [-0.4, -0.2) is 17.2 Å². The SMILES string of the molecule is Cc1cccnc1C1=NCCC1. The molecule has 0 amide bonds. The summed E-state index contributed by atoms with van der Waals surface area (Å²) in [6, 6.07) is 4.05. The minimum absolute atomic E-state index is 0.978. The number of nitrogens with zero attached hydrogens (tertiary/aromatic N) is 2. The van der Waals surface area contributed by atoms with E-state index in [9.17, 15) is 0 Å². The van der Waals surface area contributed by atoms with Crippen LogP contribution in [0.3, 0.4) is 0 Å². The van der Waals surface area contributed by atoms with Crippen molar-refractivity contribution in [1.29, 1.82) is 0 Å². The van der Waals surface area contributed by atoms with Gasteiger partial charge in [-0.3, -0.25) is 9.98 Å². The maximum atomic E-state index is 4.42. The van der Waals surface area contributed by atoms with Crippen LogP contribution in [0.4, 0.5) is 0 Å². The molecule has 0 N–H and O–H groups in total. The fourth-order valence-electron chi connectivity index (χ4n) is 1.52. The minimum Gasteiger partial charge on any atom is -0.287 e. The van der Waals surface area contributed by atoms with Gasteiger partial charge in [0.05, 0.1) is 11.4 Å². The maximum absolute atomic E-state index is 4.42. The van der Waals surface area contributed by atoms with Crippen molar-refractivity contribution in [3.05, 3.63) is 29.6 Å². The van der Waals surface area contributed by atoms with Crippen molar-refractivity contribution in [3.8, 4) is 0 Å². The van der Waals surface area contributed by atoms with Crippen LogP contribution in [0.5, 0.6) is 0 Å². The van der Waals surface area contributed by atoms with Gasteiger partial charge in [0.1, 0.15) is 0 Å². The Labute approximate surface area is 72.4 Å². The van der Waals surface area contributed by atoms with Crippen molar-refractivity contribution in [2.24, 2.45) is 4.99 Å². The van der Waals surface area contributed by atoms with Gasteiger partial charge >= 0.3 is 0 Å². The van der Waals surface area contributed by atoms with Crippen LogP contribution in [0.2, 0.25) is 0 Å². The number of rotatable bonds is 1. The molecule has 0 radical (unpaired) electrons. The Balaban J connectivity index is 2.39. The van der Waals surface area contributed by atoms with Gasteiger partial charge in [0, 0.05) is 12.7 Å². The molecule has 1 aliphatic heterocycles. The topological polar surface area (TPSA) is 25.2 Å². The Bertz CT molecular complexity index is 315. The number of aryl methyl sites for hydroxylation is 1. The van der Waals surface area contributed by atoms with Crippen LogP contribution in [0.25, 0.3) is 0 Å². The summed E-state index contributed by atoms with van der Waals surface area (Å²) in [5, 5.41) is 0. The van der Waals surface area contributed by atoms with Gasteiger partial charge in [-0.2, -0.15) is 0 Å². The smallest absolute Gasteiger partial charge is 0.0868 e. The highest BCUT2D eigenvalue weighted by molar-refractivity contribution is 6.00. The number of aromatic nitrogens is 1. The molecule has 2 heteroatoms. The van der Waals surface area contributed by atoms with Crippen LogP contribution in [0, 0.1) is 6.92 Å². The first-order chi connectivity index (χ1) is 5.88. The van der Waals surface area contributed by atoms with Crippen LogP contribution in [-0.2, 0) is 0 Å². The maximum Gasteiger partial charge on any atom is 0.0868 e. The van der Waals surface area contributed by atoms with E-state index in [0.717, 1.165) is 18.7 Å². The van der Waals surface area contributed by atoms with Gasteiger partial charge in [0.2, 0.25) is 0 Å². The second kappa shape index (κ2) is 3.05.